The third-order valence-corrected chi connectivity index (χ3v) is 9.32. The highest BCUT2D eigenvalue weighted by molar-refractivity contribution is 5.90. The Morgan fingerprint density at radius 3 is 2.04 bits per heavy atom. The zero-order valence-electron chi connectivity index (χ0n) is 30.2. The fourth-order valence-electron chi connectivity index (χ4n) is 7.01. The lowest BCUT2D eigenvalue weighted by molar-refractivity contribution is 0.0234. The van der Waals surface area contributed by atoms with Crippen LogP contribution in [0.2, 0.25) is 0 Å². The number of rotatable bonds is 8. The molecule has 0 saturated carbocycles. The number of carbonyl (C=O) groups excluding carboxylic acids is 3. The maximum absolute atomic E-state index is 13.4. The molecule has 0 radical (unpaired) electrons. The van der Waals surface area contributed by atoms with E-state index in [0.29, 0.717) is 12.1 Å². The average Bonchev–Trinajstić information content (AvgIpc) is 3.56. The molecule has 9 nitrogen and oxygen atoms in total. The van der Waals surface area contributed by atoms with Gasteiger partial charge in [0.15, 0.2) is 0 Å². The molecule has 3 atom stereocenters. The molecule has 2 heterocycles. The van der Waals surface area contributed by atoms with Gasteiger partial charge in [0, 0.05) is 30.7 Å². The number of nitrogens with zero attached hydrogens (tertiary/aromatic N) is 3. The molecule has 0 aliphatic carbocycles. The molecule has 0 bridgehead atoms. The Morgan fingerprint density at radius 1 is 0.808 bits per heavy atom. The van der Waals surface area contributed by atoms with Crippen LogP contribution in [0.4, 0.5) is 15.3 Å². The van der Waals surface area contributed by atoms with E-state index in [9.17, 15) is 14.4 Å². The van der Waals surface area contributed by atoms with Crippen molar-refractivity contribution in [3.05, 3.63) is 137 Å². The van der Waals surface area contributed by atoms with Crippen molar-refractivity contribution in [2.24, 2.45) is 5.92 Å². The van der Waals surface area contributed by atoms with Gasteiger partial charge in [0.05, 0.1) is 25.3 Å². The first-order valence-corrected chi connectivity index (χ1v) is 17.6. The van der Waals surface area contributed by atoms with Crippen molar-refractivity contribution in [1.29, 1.82) is 0 Å². The number of hydrogen-bond donors (Lipinski definition) is 0. The molecule has 52 heavy (non-hydrogen) atoms. The number of ether oxygens (including phenoxy) is 3. The predicted octanol–water partition coefficient (Wildman–Crippen LogP) is 8.00. The van der Waals surface area contributed by atoms with E-state index in [2.05, 4.69) is 45.9 Å². The molecule has 1 saturated heterocycles. The second-order valence-electron chi connectivity index (χ2n) is 14.1. The summed E-state index contributed by atoms with van der Waals surface area (Å²) in [6.45, 7) is 7.18. The van der Waals surface area contributed by atoms with Gasteiger partial charge < -0.3 is 19.1 Å². The normalized spacial score (nSPS) is 17.9. The van der Waals surface area contributed by atoms with E-state index in [-0.39, 0.29) is 37.1 Å². The van der Waals surface area contributed by atoms with Crippen LogP contribution in [0.5, 0.6) is 0 Å². The minimum absolute atomic E-state index is 0.00519. The second kappa shape index (κ2) is 16.2. The lowest BCUT2D eigenvalue weighted by atomic mass is 9.80. The molecule has 0 N–H and O–H groups in total. The molecule has 2 aliphatic heterocycles. The van der Waals surface area contributed by atoms with Gasteiger partial charge in [-0.3, -0.25) is 4.90 Å². The molecular formula is C43H45N3O6. The van der Waals surface area contributed by atoms with Crippen LogP contribution in [0.1, 0.15) is 65.8 Å². The van der Waals surface area contributed by atoms with E-state index in [1.807, 2.05) is 78.9 Å². The van der Waals surface area contributed by atoms with Crippen LogP contribution in [0.3, 0.4) is 0 Å². The maximum atomic E-state index is 13.4. The number of methoxy groups -OCH3 is 1. The van der Waals surface area contributed by atoms with Crippen LogP contribution in [-0.2, 0) is 33.9 Å². The Bertz CT molecular complexity index is 1920. The quantitative estimate of drug-likeness (QED) is 0.104. The number of likely N-dealkylation sites (tertiary alicyclic amines) is 1. The zero-order valence-corrected chi connectivity index (χ0v) is 30.2. The van der Waals surface area contributed by atoms with Gasteiger partial charge in [-0.05, 0) is 74.2 Å². The van der Waals surface area contributed by atoms with E-state index in [1.165, 1.54) is 12.7 Å². The van der Waals surface area contributed by atoms with Gasteiger partial charge in [-0.15, -0.1) is 0 Å². The molecule has 4 aromatic rings. The topological polar surface area (TPSA) is 88.6 Å². The third-order valence-electron chi connectivity index (χ3n) is 9.32. The van der Waals surface area contributed by atoms with Gasteiger partial charge in [0.25, 0.3) is 0 Å². The summed E-state index contributed by atoms with van der Waals surface area (Å²) < 4.78 is 16.3. The van der Waals surface area contributed by atoms with Crippen LogP contribution >= 0.6 is 0 Å². The number of hydrogen-bond acceptors (Lipinski definition) is 8. The molecule has 0 aromatic heterocycles. The average molecular weight is 700 g/mol. The molecule has 268 valence electrons. The van der Waals surface area contributed by atoms with Gasteiger partial charge in [-0.1, -0.05) is 103 Å². The molecular weight excluding hydrogens is 654 g/mol. The molecule has 2 aliphatic rings. The van der Waals surface area contributed by atoms with Crippen LogP contribution in [0.25, 0.3) is 0 Å². The summed E-state index contributed by atoms with van der Waals surface area (Å²) >= 11 is 0. The summed E-state index contributed by atoms with van der Waals surface area (Å²) in [5.74, 6) is 6.39. The van der Waals surface area contributed by atoms with Gasteiger partial charge in [0.2, 0.25) is 0 Å². The number of benzene rings is 4. The Kier molecular flexibility index (Phi) is 11.3. The number of fused-ring (bicyclic) bond motifs is 3. The predicted molar refractivity (Wildman–Crippen MR) is 199 cm³/mol. The summed E-state index contributed by atoms with van der Waals surface area (Å²) in [5, 5.41) is 0. The fraction of sp³-hybridized carbons (Fsp3) is 0.326. The van der Waals surface area contributed by atoms with Gasteiger partial charge >= 0.3 is 18.2 Å². The molecule has 4 aromatic carbocycles. The Hall–Kier alpha value is -5.59. The molecule has 1 fully saturated rings. The van der Waals surface area contributed by atoms with Gasteiger partial charge in [-0.25, -0.2) is 19.3 Å². The van der Waals surface area contributed by atoms with Crippen molar-refractivity contribution in [2.45, 2.75) is 64.6 Å². The summed E-state index contributed by atoms with van der Waals surface area (Å²) in [4.78, 5) is 45.2. The van der Waals surface area contributed by atoms with E-state index in [1.54, 1.807) is 26.8 Å². The van der Waals surface area contributed by atoms with Crippen molar-refractivity contribution in [3.8, 4) is 11.8 Å². The number of amides is 2. The molecule has 9 heteroatoms. The molecule has 2 amide bonds. The van der Waals surface area contributed by atoms with E-state index in [4.69, 9.17) is 14.2 Å². The smallest absolute Gasteiger partial charge is 0.420 e. The number of imide groups is 1. The fourth-order valence-corrected chi connectivity index (χ4v) is 7.01. The Morgan fingerprint density at radius 2 is 1.42 bits per heavy atom. The number of anilines is 1. The highest BCUT2D eigenvalue weighted by atomic mass is 16.6. The van der Waals surface area contributed by atoms with Crippen molar-refractivity contribution >= 4 is 23.8 Å². The van der Waals surface area contributed by atoms with Crippen LogP contribution in [0, 0.1) is 17.8 Å². The number of carbonyl (C=O) groups is 3. The first-order chi connectivity index (χ1) is 25.1. The van der Waals surface area contributed by atoms with E-state index in [0.717, 1.165) is 46.8 Å². The molecule has 0 spiro atoms. The lowest BCUT2D eigenvalue weighted by Crippen LogP contribution is -2.47. The first-order valence-electron chi connectivity index (χ1n) is 17.6. The zero-order chi connectivity index (χ0) is 36.7. The SMILES string of the molecule is COC(=O)c1ccc2c(c1)[C@@H]1[C@@H](CCN1Cc1ccccc1)[C@H](C#CCN(C(=O)OCc1ccccc1)C(=O)OC(C)(C)C)N2Cc1ccccc1. The van der Waals surface area contributed by atoms with E-state index < -0.39 is 17.8 Å². The van der Waals surface area contributed by atoms with Crippen molar-refractivity contribution < 1.29 is 28.6 Å². The lowest BCUT2D eigenvalue weighted by Gasteiger charge is -2.45. The minimum Gasteiger partial charge on any atom is -0.465 e. The maximum Gasteiger partial charge on any atom is 0.420 e. The van der Waals surface area contributed by atoms with Gasteiger partial charge in [0.1, 0.15) is 12.2 Å². The van der Waals surface area contributed by atoms with Crippen LogP contribution in [-0.4, -0.2) is 59.8 Å². The monoisotopic (exact) mass is 699 g/mol. The highest BCUT2D eigenvalue weighted by Crippen LogP contribution is 2.50. The Labute approximate surface area is 306 Å². The van der Waals surface area contributed by atoms with Crippen molar-refractivity contribution in [3.63, 3.8) is 0 Å². The highest BCUT2D eigenvalue weighted by Gasteiger charge is 2.47. The third kappa shape index (κ3) is 8.64. The standard InChI is InChI=1S/C43H45N3O6/c1-43(2,3)52-42(49)45(41(48)51-30-33-19-12-7-13-20-33)25-14-21-37-35-24-26-44(28-31-15-8-5-9-16-31)39(35)36-27-34(40(47)50-4)22-23-38(36)46(37)29-32-17-10-6-11-18-32/h5-13,15-20,22-23,27,35,37,39H,24-26,28-30H2,1-4H3/t35-,37-,39-/m0/s1. The Balaban J connectivity index is 1.37. The number of esters is 1. The van der Waals surface area contributed by atoms with Crippen molar-refractivity contribution in [1.82, 2.24) is 9.80 Å². The largest absolute Gasteiger partial charge is 0.465 e. The molecule has 0 unspecified atom stereocenters. The summed E-state index contributed by atoms with van der Waals surface area (Å²) in [6.07, 6.45) is -0.789. The summed E-state index contributed by atoms with van der Waals surface area (Å²) in [6, 6.07) is 35.3. The first kappa shape index (κ1) is 36.2. The minimum atomic E-state index is -0.829. The van der Waals surface area contributed by atoms with Crippen molar-refractivity contribution in [2.75, 3.05) is 25.1 Å². The van der Waals surface area contributed by atoms with E-state index >= 15 is 0 Å². The van der Waals surface area contributed by atoms with Gasteiger partial charge in [-0.2, -0.15) is 0 Å². The van der Waals surface area contributed by atoms with Crippen LogP contribution in [0.15, 0.2) is 109 Å². The second-order valence-corrected chi connectivity index (χ2v) is 14.1. The van der Waals surface area contributed by atoms with Crippen LogP contribution < -0.4 is 4.90 Å². The summed E-state index contributed by atoms with van der Waals surface area (Å²) in [7, 11) is 1.40. The molecule has 6 rings (SSSR count). The summed E-state index contributed by atoms with van der Waals surface area (Å²) in [5.41, 5.74) is 4.80.